The lowest BCUT2D eigenvalue weighted by molar-refractivity contribution is 0.0277. The Balaban J connectivity index is 1.88. The van der Waals surface area contributed by atoms with Crippen molar-refractivity contribution in [2.24, 2.45) is 0 Å². The monoisotopic (exact) mass is 497 g/mol. The molecule has 1 heterocycles. The number of thioether (sulfide) groups is 1. The Hall–Kier alpha value is -3.39. The van der Waals surface area contributed by atoms with Crippen LogP contribution in [0.1, 0.15) is 36.7 Å². The number of likely N-dealkylation sites (N-methyl/N-ethyl adjacent to an activating group) is 1. The largest absolute Gasteiger partial charge is 0.490 e. The maximum atomic E-state index is 12.9. The summed E-state index contributed by atoms with van der Waals surface area (Å²) in [6, 6.07) is 15.6. The third-order valence-electron chi connectivity index (χ3n) is 4.98. The van der Waals surface area contributed by atoms with Gasteiger partial charge in [-0.15, -0.1) is 11.8 Å². The van der Waals surface area contributed by atoms with E-state index in [0.29, 0.717) is 22.6 Å². The average Bonchev–Trinajstić information content (AvgIpc) is 3.36. The molecule has 2 aromatic carbocycles. The molecule has 186 valence electrons. The first-order valence-electron chi connectivity index (χ1n) is 11.2. The van der Waals surface area contributed by atoms with Gasteiger partial charge in [0.1, 0.15) is 23.5 Å². The standard InChI is InChI=1S/C27H31NO6S/c1-27(2,3)34-26(30)28(4)14-16-33-24-22(19-13-15-32-17-19)12-11-20(23(24)25(29)31-5)18-35-21-9-7-6-8-10-21/h6-13,15,17H,14,16,18H2,1-5H3. The van der Waals surface area contributed by atoms with E-state index in [-0.39, 0.29) is 13.2 Å². The fourth-order valence-corrected chi connectivity index (χ4v) is 4.17. The minimum atomic E-state index is -0.594. The fraction of sp³-hybridized carbons (Fsp3) is 0.333. The van der Waals surface area contributed by atoms with Crippen molar-refractivity contribution < 1.29 is 28.2 Å². The van der Waals surface area contributed by atoms with E-state index in [4.69, 9.17) is 18.6 Å². The molecule has 0 unspecified atom stereocenters. The highest BCUT2D eigenvalue weighted by Crippen LogP contribution is 2.38. The van der Waals surface area contributed by atoms with Gasteiger partial charge in [0, 0.05) is 28.8 Å². The van der Waals surface area contributed by atoms with Crippen LogP contribution in [0.25, 0.3) is 11.1 Å². The first-order valence-corrected chi connectivity index (χ1v) is 12.2. The van der Waals surface area contributed by atoms with Gasteiger partial charge in [0.2, 0.25) is 0 Å². The average molecular weight is 498 g/mol. The molecule has 0 bridgehead atoms. The van der Waals surface area contributed by atoms with E-state index in [1.165, 1.54) is 12.0 Å². The minimum Gasteiger partial charge on any atom is -0.490 e. The molecule has 7 nitrogen and oxygen atoms in total. The van der Waals surface area contributed by atoms with Crippen LogP contribution in [0.4, 0.5) is 4.79 Å². The van der Waals surface area contributed by atoms with Crippen molar-refractivity contribution in [3.05, 3.63) is 72.2 Å². The number of ether oxygens (including phenoxy) is 3. The third-order valence-corrected chi connectivity index (χ3v) is 6.04. The van der Waals surface area contributed by atoms with E-state index < -0.39 is 17.7 Å². The Morgan fingerprint density at radius 3 is 2.43 bits per heavy atom. The molecule has 0 aliphatic rings. The Kier molecular flexibility index (Phi) is 8.87. The van der Waals surface area contributed by atoms with Gasteiger partial charge in [0.15, 0.2) is 0 Å². The van der Waals surface area contributed by atoms with E-state index >= 15 is 0 Å². The van der Waals surface area contributed by atoms with Crippen LogP contribution in [0.5, 0.6) is 5.75 Å². The number of amides is 1. The summed E-state index contributed by atoms with van der Waals surface area (Å²) in [6.07, 6.45) is 2.71. The van der Waals surface area contributed by atoms with E-state index in [1.807, 2.05) is 63.2 Å². The molecule has 8 heteroatoms. The summed E-state index contributed by atoms with van der Waals surface area (Å²) in [7, 11) is 2.99. The second kappa shape index (κ2) is 11.8. The third kappa shape index (κ3) is 7.29. The van der Waals surface area contributed by atoms with Crippen molar-refractivity contribution in [1.29, 1.82) is 0 Å². The molecule has 0 aliphatic heterocycles. The summed E-state index contributed by atoms with van der Waals surface area (Å²) in [5.74, 6) is 0.449. The van der Waals surface area contributed by atoms with Gasteiger partial charge in [-0.1, -0.05) is 30.3 Å². The highest BCUT2D eigenvalue weighted by Gasteiger charge is 2.24. The highest BCUT2D eigenvalue weighted by atomic mass is 32.2. The molecular weight excluding hydrogens is 466 g/mol. The second-order valence-electron chi connectivity index (χ2n) is 8.83. The molecule has 0 radical (unpaired) electrons. The number of hydrogen-bond acceptors (Lipinski definition) is 7. The van der Waals surface area contributed by atoms with Crippen LogP contribution in [0.15, 0.2) is 70.4 Å². The molecule has 0 aliphatic carbocycles. The lowest BCUT2D eigenvalue weighted by Crippen LogP contribution is -2.36. The van der Waals surface area contributed by atoms with Gasteiger partial charge in [-0.05, 0) is 44.5 Å². The Morgan fingerprint density at radius 1 is 1.06 bits per heavy atom. The molecule has 0 spiro atoms. The molecule has 0 saturated carbocycles. The molecule has 0 atom stereocenters. The zero-order valence-corrected chi connectivity index (χ0v) is 21.5. The summed E-state index contributed by atoms with van der Waals surface area (Å²) < 4.78 is 21.9. The number of hydrogen-bond donors (Lipinski definition) is 0. The minimum absolute atomic E-state index is 0.153. The Bertz CT molecular complexity index is 1120. The van der Waals surface area contributed by atoms with E-state index in [0.717, 1.165) is 16.0 Å². The van der Waals surface area contributed by atoms with Crippen molar-refractivity contribution in [3.8, 4) is 16.9 Å². The summed E-state index contributed by atoms with van der Waals surface area (Å²) in [5, 5.41) is 0. The number of nitrogens with zero attached hydrogens (tertiary/aromatic N) is 1. The lowest BCUT2D eigenvalue weighted by Gasteiger charge is -2.25. The van der Waals surface area contributed by atoms with Gasteiger partial charge >= 0.3 is 12.1 Å². The maximum Gasteiger partial charge on any atom is 0.410 e. The van der Waals surface area contributed by atoms with Crippen LogP contribution in [0.3, 0.4) is 0 Å². The zero-order chi connectivity index (χ0) is 25.4. The van der Waals surface area contributed by atoms with Crippen LogP contribution in [0, 0.1) is 0 Å². The van der Waals surface area contributed by atoms with Crippen LogP contribution in [0.2, 0.25) is 0 Å². The molecule has 0 N–H and O–H groups in total. The van der Waals surface area contributed by atoms with Crippen LogP contribution < -0.4 is 4.74 Å². The SMILES string of the molecule is COC(=O)c1c(CSc2ccccc2)ccc(-c2ccoc2)c1OCCN(C)C(=O)OC(C)(C)C. The molecule has 3 rings (SSSR count). The second-order valence-corrected chi connectivity index (χ2v) is 9.88. The summed E-state index contributed by atoms with van der Waals surface area (Å²) in [6.45, 7) is 5.86. The van der Waals surface area contributed by atoms with Crippen molar-refractivity contribution >= 4 is 23.8 Å². The molecule has 3 aromatic rings. The van der Waals surface area contributed by atoms with E-state index in [9.17, 15) is 9.59 Å². The Labute approximate surface area is 210 Å². The van der Waals surface area contributed by atoms with Crippen molar-refractivity contribution in [3.63, 3.8) is 0 Å². The quantitative estimate of drug-likeness (QED) is 0.255. The number of benzene rings is 2. The number of furan rings is 1. The van der Waals surface area contributed by atoms with Gasteiger partial charge in [-0.3, -0.25) is 0 Å². The predicted octanol–water partition coefficient (Wildman–Crippen LogP) is 6.27. The summed E-state index contributed by atoms with van der Waals surface area (Å²) in [5.41, 5.74) is 2.02. The van der Waals surface area contributed by atoms with Crippen molar-refractivity contribution in [1.82, 2.24) is 4.90 Å². The number of carbonyl (C=O) groups is 2. The smallest absolute Gasteiger partial charge is 0.410 e. The fourth-order valence-electron chi connectivity index (χ4n) is 3.26. The maximum absolute atomic E-state index is 12.9. The van der Waals surface area contributed by atoms with Gasteiger partial charge in [-0.2, -0.15) is 0 Å². The first-order chi connectivity index (χ1) is 16.7. The summed E-state index contributed by atoms with van der Waals surface area (Å²) in [4.78, 5) is 27.8. The molecular formula is C27H31NO6S. The predicted molar refractivity (Wildman–Crippen MR) is 136 cm³/mol. The van der Waals surface area contributed by atoms with Gasteiger partial charge in [-0.25, -0.2) is 9.59 Å². The van der Waals surface area contributed by atoms with E-state index in [1.54, 1.807) is 37.4 Å². The lowest BCUT2D eigenvalue weighted by atomic mass is 9.99. The number of esters is 1. The molecule has 1 amide bonds. The summed E-state index contributed by atoms with van der Waals surface area (Å²) >= 11 is 1.61. The number of rotatable bonds is 9. The molecule has 0 saturated heterocycles. The van der Waals surface area contributed by atoms with Crippen LogP contribution in [-0.2, 0) is 15.2 Å². The first kappa shape index (κ1) is 26.2. The van der Waals surface area contributed by atoms with Gasteiger partial charge < -0.3 is 23.5 Å². The topological polar surface area (TPSA) is 78.2 Å². The van der Waals surface area contributed by atoms with Gasteiger partial charge in [0.05, 0.1) is 26.2 Å². The normalized spacial score (nSPS) is 11.1. The molecule has 1 aromatic heterocycles. The van der Waals surface area contributed by atoms with Crippen LogP contribution in [-0.4, -0.2) is 49.9 Å². The molecule has 35 heavy (non-hydrogen) atoms. The van der Waals surface area contributed by atoms with Crippen LogP contribution >= 0.6 is 11.8 Å². The van der Waals surface area contributed by atoms with Crippen molar-refractivity contribution in [2.45, 2.75) is 37.0 Å². The van der Waals surface area contributed by atoms with E-state index in [2.05, 4.69) is 0 Å². The number of carbonyl (C=O) groups excluding carboxylic acids is 2. The Morgan fingerprint density at radius 2 is 1.80 bits per heavy atom. The van der Waals surface area contributed by atoms with Crippen molar-refractivity contribution in [2.75, 3.05) is 27.3 Å². The number of methoxy groups -OCH3 is 1. The van der Waals surface area contributed by atoms with Gasteiger partial charge in [0.25, 0.3) is 0 Å². The highest BCUT2D eigenvalue weighted by molar-refractivity contribution is 7.98. The molecule has 0 fully saturated rings. The zero-order valence-electron chi connectivity index (χ0n) is 20.7.